The van der Waals surface area contributed by atoms with Crippen molar-refractivity contribution in [2.45, 2.75) is 71.7 Å². The number of nitrogens with zero attached hydrogens (tertiary/aromatic N) is 2. The molecule has 0 heterocycles. The molecule has 0 saturated heterocycles. The van der Waals surface area contributed by atoms with Gasteiger partial charge in [-0.05, 0) is 48.3 Å². The Bertz CT molecular complexity index is 1310. The largest absolute Gasteiger partial charge is 0.445 e. The lowest BCUT2D eigenvalue weighted by Gasteiger charge is -2.37. The van der Waals surface area contributed by atoms with Crippen LogP contribution < -0.4 is 27.8 Å². The molecule has 2 aromatic rings. The summed E-state index contributed by atoms with van der Waals surface area (Å²) in [7, 11) is 0. The third kappa shape index (κ3) is 13.5. The van der Waals surface area contributed by atoms with Crippen molar-refractivity contribution in [2.24, 2.45) is 34.0 Å². The zero-order valence-corrected chi connectivity index (χ0v) is 27.2. The molecule has 0 bridgehead atoms. The minimum Gasteiger partial charge on any atom is -0.445 e. The minimum atomic E-state index is -1.16. The van der Waals surface area contributed by atoms with E-state index in [2.05, 4.69) is 15.6 Å². The fourth-order valence-corrected chi connectivity index (χ4v) is 4.68. The summed E-state index contributed by atoms with van der Waals surface area (Å²) in [6, 6.07) is 15.5. The number of carbonyl (C=O) groups excluding carboxylic acids is 4. The number of guanidine groups is 1. The highest BCUT2D eigenvalue weighted by Gasteiger charge is 2.38. The number of nitrogens with one attached hydrogen (secondary N) is 2. The molecular formula is C34H49N7O5. The molecule has 8 N–H and O–H groups in total. The lowest BCUT2D eigenvalue weighted by Crippen LogP contribution is -2.61. The van der Waals surface area contributed by atoms with Crippen LogP contribution in [0.4, 0.5) is 4.79 Å². The Morgan fingerprint density at radius 1 is 0.935 bits per heavy atom. The Hall–Kier alpha value is -4.71. The molecule has 0 spiro atoms. The van der Waals surface area contributed by atoms with Crippen molar-refractivity contribution in [3.05, 3.63) is 77.9 Å². The molecule has 0 fully saturated rings. The standard InChI is InChI=1S/C34H49N7O5/c1-23(2)20-27(35)31(43)41(29(24(3)4)21-39-30(42)18-17-25-12-7-5-8-13-25)32(44)28(16-11-19-38-33(36)37)40-34(45)46-22-26-14-9-6-10-15-26/h5-10,12-15,17-18,23-24,27-29H,11,16,19-22,35H2,1-4H3,(H,39,42)(H,40,45)(H4,36,37,38)/b18-17+/t27-,28+,29+/m0/s1. The van der Waals surface area contributed by atoms with Crippen LogP contribution in [0.3, 0.4) is 0 Å². The normalized spacial score (nSPS) is 13.1. The number of rotatable bonds is 17. The zero-order valence-electron chi connectivity index (χ0n) is 27.2. The molecule has 0 aliphatic rings. The lowest BCUT2D eigenvalue weighted by molar-refractivity contribution is -0.151. The van der Waals surface area contributed by atoms with Crippen molar-refractivity contribution in [3.63, 3.8) is 0 Å². The second kappa shape index (κ2) is 19.6. The first-order valence-corrected chi connectivity index (χ1v) is 15.5. The molecule has 12 nitrogen and oxygen atoms in total. The van der Waals surface area contributed by atoms with Crippen LogP contribution in [0.15, 0.2) is 71.7 Å². The summed E-state index contributed by atoms with van der Waals surface area (Å²) in [5.74, 6) is -1.95. The molecule has 12 heteroatoms. The number of alkyl carbamates (subject to hydrolysis) is 1. The first-order chi connectivity index (χ1) is 21.9. The highest BCUT2D eigenvalue weighted by molar-refractivity contribution is 6.01. The van der Waals surface area contributed by atoms with Crippen LogP contribution in [0.25, 0.3) is 6.08 Å². The smallest absolute Gasteiger partial charge is 0.408 e. The van der Waals surface area contributed by atoms with Gasteiger partial charge in [-0.15, -0.1) is 0 Å². The van der Waals surface area contributed by atoms with Gasteiger partial charge in [-0.3, -0.25) is 24.3 Å². The molecule has 0 radical (unpaired) electrons. The summed E-state index contributed by atoms with van der Waals surface area (Å²) in [6.45, 7) is 7.69. The summed E-state index contributed by atoms with van der Waals surface area (Å²) < 4.78 is 5.38. The molecule has 2 rings (SSSR count). The second-order valence-corrected chi connectivity index (χ2v) is 11.8. The maximum atomic E-state index is 14.3. The van der Waals surface area contributed by atoms with E-state index < -0.39 is 41.9 Å². The van der Waals surface area contributed by atoms with Gasteiger partial charge in [-0.1, -0.05) is 88.4 Å². The summed E-state index contributed by atoms with van der Waals surface area (Å²) in [5, 5.41) is 5.45. The quantitative estimate of drug-likeness (QED) is 0.0757. The van der Waals surface area contributed by atoms with Crippen LogP contribution in [0.5, 0.6) is 0 Å². The number of carbonyl (C=O) groups is 4. The predicted octanol–water partition coefficient (Wildman–Crippen LogP) is 2.92. The SMILES string of the molecule is CC(C)C[C@H](N)C(=O)N(C(=O)[C@@H](CCCN=C(N)N)NC(=O)OCc1ccccc1)[C@H](CNC(=O)/C=C/c1ccccc1)C(C)C. The molecule has 0 aliphatic heterocycles. The van der Waals surface area contributed by atoms with E-state index in [0.29, 0.717) is 12.8 Å². The van der Waals surface area contributed by atoms with E-state index in [1.54, 1.807) is 18.2 Å². The molecule has 0 saturated carbocycles. The minimum absolute atomic E-state index is 0.0133. The van der Waals surface area contributed by atoms with Crippen molar-refractivity contribution in [1.82, 2.24) is 15.5 Å². The fourth-order valence-electron chi connectivity index (χ4n) is 4.68. The molecular weight excluding hydrogens is 586 g/mol. The van der Waals surface area contributed by atoms with Gasteiger partial charge in [0.1, 0.15) is 12.6 Å². The van der Waals surface area contributed by atoms with Crippen molar-refractivity contribution in [2.75, 3.05) is 13.1 Å². The lowest BCUT2D eigenvalue weighted by atomic mass is 9.97. The Kier molecular flexibility index (Phi) is 16.0. The molecule has 0 aliphatic carbocycles. The van der Waals surface area contributed by atoms with E-state index in [-0.39, 0.29) is 43.9 Å². The predicted molar refractivity (Wildman–Crippen MR) is 180 cm³/mol. The molecule has 250 valence electrons. The van der Waals surface area contributed by atoms with Gasteiger partial charge in [0.05, 0.1) is 12.1 Å². The van der Waals surface area contributed by atoms with Crippen molar-refractivity contribution < 1.29 is 23.9 Å². The summed E-state index contributed by atoms with van der Waals surface area (Å²) >= 11 is 0. The molecule has 3 atom stereocenters. The molecule has 4 amide bonds. The van der Waals surface area contributed by atoms with Gasteiger partial charge >= 0.3 is 6.09 Å². The number of imide groups is 1. The molecule has 46 heavy (non-hydrogen) atoms. The highest BCUT2D eigenvalue weighted by atomic mass is 16.5. The number of hydrogen-bond acceptors (Lipinski definition) is 7. The van der Waals surface area contributed by atoms with Crippen LogP contribution >= 0.6 is 0 Å². The highest BCUT2D eigenvalue weighted by Crippen LogP contribution is 2.18. The second-order valence-electron chi connectivity index (χ2n) is 11.8. The maximum Gasteiger partial charge on any atom is 0.408 e. The Morgan fingerprint density at radius 3 is 2.15 bits per heavy atom. The van der Waals surface area contributed by atoms with E-state index in [0.717, 1.165) is 16.0 Å². The number of amides is 4. The van der Waals surface area contributed by atoms with Gasteiger partial charge in [0.25, 0.3) is 5.91 Å². The molecule has 0 aromatic heterocycles. The topological polar surface area (TPSA) is 195 Å². The van der Waals surface area contributed by atoms with Crippen LogP contribution in [-0.2, 0) is 25.7 Å². The molecule has 0 unspecified atom stereocenters. The maximum absolute atomic E-state index is 14.3. The van der Waals surface area contributed by atoms with Gasteiger partial charge in [0, 0.05) is 19.2 Å². The summed E-state index contributed by atoms with van der Waals surface area (Å²) in [5.41, 5.74) is 18.9. The van der Waals surface area contributed by atoms with Gasteiger partial charge < -0.3 is 32.6 Å². The first kappa shape index (κ1) is 37.5. The first-order valence-electron chi connectivity index (χ1n) is 15.5. The van der Waals surface area contributed by atoms with Crippen molar-refractivity contribution in [3.8, 4) is 0 Å². The average molecular weight is 636 g/mol. The van der Waals surface area contributed by atoms with E-state index in [9.17, 15) is 19.2 Å². The third-order valence-electron chi connectivity index (χ3n) is 7.08. The summed E-state index contributed by atoms with van der Waals surface area (Å²) in [6.07, 6.45) is 2.99. The molecule has 2 aromatic carbocycles. The number of ether oxygens (including phenoxy) is 1. The van der Waals surface area contributed by atoms with E-state index in [1.807, 2.05) is 76.2 Å². The van der Waals surface area contributed by atoms with Gasteiger partial charge in [0.15, 0.2) is 5.96 Å². The van der Waals surface area contributed by atoms with Crippen LogP contribution in [0.2, 0.25) is 0 Å². The van der Waals surface area contributed by atoms with E-state index in [1.165, 1.54) is 6.08 Å². The van der Waals surface area contributed by atoms with Gasteiger partial charge in [0.2, 0.25) is 11.8 Å². The number of hydrogen-bond donors (Lipinski definition) is 5. The Labute approximate surface area is 271 Å². The van der Waals surface area contributed by atoms with Crippen molar-refractivity contribution in [1.29, 1.82) is 0 Å². The number of benzene rings is 2. The van der Waals surface area contributed by atoms with Gasteiger partial charge in [-0.2, -0.15) is 0 Å². The number of aliphatic imine (C=N–C) groups is 1. The fraction of sp³-hybridized carbons (Fsp3) is 0.441. The zero-order chi connectivity index (χ0) is 34.1. The number of nitrogens with two attached hydrogens (primary N) is 3. The van der Waals surface area contributed by atoms with Crippen LogP contribution in [0, 0.1) is 11.8 Å². The average Bonchev–Trinajstić information content (AvgIpc) is 3.02. The van der Waals surface area contributed by atoms with Crippen LogP contribution in [0.1, 0.15) is 58.1 Å². The third-order valence-corrected chi connectivity index (χ3v) is 7.08. The van der Waals surface area contributed by atoms with Gasteiger partial charge in [-0.25, -0.2) is 4.79 Å². The Balaban J connectivity index is 2.34. The van der Waals surface area contributed by atoms with Crippen LogP contribution in [-0.4, -0.2) is 65.9 Å². The monoisotopic (exact) mass is 635 g/mol. The Morgan fingerprint density at radius 2 is 1.57 bits per heavy atom. The van der Waals surface area contributed by atoms with E-state index in [4.69, 9.17) is 21.9 Å². The van der Waals surface area contributed by atoms with E-state index >= 15 is 0 Å². The summed E-state index contributed by atoms with van der Waals surface area (Å²) in [4.78, 5) is 58.9. The van der Waals surface area contributed by atoms with Crippen molar-refractivity contribution >= 4 is 35.9 Å².